The second kappa shape index (κ2) is 4.77. The van der Waals surface area contributed by atoms with Gasteiger partial charge in [-0.05, 0) is 37.1 Å². The van der Waals surface area contributed by atoms with E-state index in [-0.39, 0.29) is 5.38 Å². The molecule has 1 aromatic rings. The molecule has 0 atom stereocenters. The molecule has 1 nitrogen and oxygen atoms in total. The number of nitrogens with zero attached hydrogens (tertiary/aromatic N) is 1. The highest BCUT2D eigenvalue weighted by Crippen LogP contribution is 2.31. The Morgan fingerprint density at radius 3 is 2.06 bits per heavy atom. The van der Waals surface area contributed by atoms with Gasteiger partial charge in [0.25, 0.3) is 0 Å². The molecule has 17 heavy (non-hydrogen) atoms. The highest BCUT2D eigenvalue weighted by molar-refractivity contribution is 6.20. The minimum atomic E-state index is -4.26. The lowest BCUT2D eigenvalue weighted by molar-refractivity contribution is -0.137. The number of halogens is 4. The molecule has 1 aromatic carbocycles. The summed E-state index contributed by atoms with van der Waals surface area (Å²) in [7, 11) is 0. The van der Waals surface area contributed by atoms with Crippen LogP contribution in [0.3, 0.4) is 0 Å². The number of anilines is 1. The topological polar surface area (TPSA) is 3.24 Å². The lowest BCUT2D eigenvalue weighted by Crippen LogP contribution is -2.33. The zero-order valence-corrected chi connectivity index (χ0v) is 9.93. The van der Waals surface area contributed by atoms with E-state index in [0.29, 0.717) is 0 Å². The highest BCUT2D eigenvalue weighted by atomic mass is 35.5. The van der Waals surface area contributed by atoms with Crippen LogP contribution in [0, 0.1) is 0 Å². The lowest BCUT2D eigenvalue weighted by Gasteiger charge is -2.31. The second-order valence-corrected chi connectivity index (χ2v) is 4.82. The van der Waals surface area contributed by atoms with Crippen molar-refractivity contribution in [1.82, 2.24) is 0 Å². The van der Waals surface area contributed by atoms with Crippen molar-refractivity contribution in [3.05, 3.63) is 29.8 Å². The molecule has 0 spiro atoms. The minimum Gasteiger partial charge on any atom is -0.371 e. The summed E-state index contributed by atoms with van der Waals surface area (Å²) in [6.07, 6.45) is -2.51. The van der Waals surface area contributed by atoms with Gasteiger partial charge >= 0.3 is 6.18 Å². The first-order valence-electron chi connectivity index (χ1n) is 5.53. The Morgan fingerprint density at radius 1 is 1.06 bits per heavy atom. The summed E-state index contributed by atoms with van der Waals surface area (Å²) < 4.78 is 37.1. The van der Waals surface area contributed by atoms with Crippen molar-refractivity contribution in [2.75, 3.05) is 18.0 Å². The molecule has 0 radical (unpaired) electrons. The Morgan fingerprint density at radius 2 is 1.59 bits per heavy atom. The van der Waals surface area contributed by atoms with Crippen LogP contribution in [0.25, 0.3) is 0 Å². The zero-order chi connectivity index (χ0) is 12.5. The molecule has 94 valence electrons. The normalized spacial score (nSPS) is 18.5. The van der Waals surface area contributed by atoms with Gasteiger partial charge in [0.15, 0.2) is 0 Å². The average Bonchev–Trinajstić information content (AvgIpc) is 2.29. The van der Waals surface area contributed by atoms with Crippen LogP contribution < -0.4 is 4.90 Å². The van der Waals surface area contributed by atoms with Crippen molar-refractivity contribution in [2.45, 2.75) is 24.4 Å². The largest absolute Gasteiger partial charge is 0.416 e. The molecule has 0 amide bonds. The molecule has 0 aliphatic carbocycles. The molecule has 1 saturated heterocycles. The fourth-order valence-electron chi connectivity index (χ4n) is 1.97. The van der Waals surface area contributed by atoms with Crippen molar-refractivity contribution < 1.29 is 13.2 Å². The number of hydrogen-bond donors (Lipinski definition) is 0. The highest BCUT2D eigenvalue weighted by Gasteiger charge is 2.30. The molecule has 1 aliphatic rings. The number of hydrogen-bond acceptors (Lipinski definition) is 1. The van der Waals surface area contributed by atoms with Crippen molar-refractivity contribution in [2.24, 2.45) is 0 Å². The summed E-state index contributed by atoms with van der Waals surface area (Å²) in [5.74, 6) is 0. The van der Waals surface area contributed by atoms with Gasteiger partial charge in [-0.1, -0.05) is 0 Å². The predicted octanol–water partition coefficient (Wildman–Crippen LogP) is 3.91. The van der Waals surface area contributed by atoms with E-state index in [1.54, 1.807) is 0 Å². The number of alkyl halides is 4. The van der Waals surface area contributed by atoms with E-state index in [2.05, 4.69) is 4.90 Å². The summed E-state index contributed by atoms with van der Waals surface area (Å²) in [4.78, 5) is 2.07. The van der Waals surface area contributed by atoms with E-state index in [9.17, 15) is 13.2 Å². The third-order valence-corrected chi connectivity index (χ3v) is 3.42. The van der Waals surface area contributed by atoms with Gasteiger partial charge in [0.2, 0.25) is 0 Å². The fourth-order valence-corrected chi connectivity index (χ4v) is 2.16. The molecule has 0 unspecified atom stereocenters. The van der Waals surface area contributed by atoms with Crippen molar-refractivity contribution in [3.8, 4) is 0 Å². The molecule has 0 N–H and O–H groups in total. The van der Waals surface area contributed by atoms with Gasteiger partial charge in [-0.3, -0.25) is 0 Å². The molecular weight excluding hydrogens is 251 g/mol. The van der Waals surface area contributed by atoms with E-state index >= 15 is 0 Å². The smallest absolute Gasteiger partial charge is 0.371 e. The molecule has 5 heteroatoms. The van der Waals surface area contributed by atoms with Gasteiger partial charge in [-0.2, -0.15) is 13.2 Å². The molecule has 0 aromatic heterocycles. The Labute approximate surface area is 103 Å². The summed E-state index contributed by atoms with van der Waals surface area (Å²) in [6.45, 7) is 1.61. The van der Waals surface area contributed by atoms with Crippen LogP contribution >= 0.6 is 11.6 Å². The number of piperidine rings is 1. The standard InChI is InChI=1S/C12H13ClF3N/c13-10-5-7-17(8-6-10)11-3-1-9(2-4-11)12(14,15)16/h1-4,10H,5-8H2. The molecule has 1 fully saturated rings. The van der Waals surface area contributed by atoms with E-state index < -0.39 is 11.7 Å². The van der Waals surface area contributed by atoms with E-state index in [0.717, 1.165) is 43.8 Å². The third kappa shape index (κ3) is 3.06. The SMILES string of the molecule is FC(F)(F)c1ccc(N2CCC(Cl)CC2)cc1. The second-order valence-electron chi connectivity index (χ2n) is 4.21. The molecule has 0 bridgehead atoms. The van der Waals surface area contributed by atoms with Crippen molar-refractivity contribution >= 4 is 17.3 Å². The quantitative estimate of drug-likeness (QED) is 0.695. The van der Waals surface area contributed by atoms with Crippen LogP contribution in [0.5, 0.6) is 0 Å². The van der Waals surface area contributed by atoms with Crippen molar-refractivity contribution in [3.63, 3.8) is 0 Å². The molecule has 1 heterocycles. The van der Waals surface area contributed by atoms with Gasteiger partial charge < -0.3 is 4.90 Å². The number of rotatable bonds is 1. The summed E-state index contributed by atoms with van der Waals surface area (Å²) in [6, 6.07) is 5.30. The van der Waals surface area contributed by atoms with Crippen LogP contribution in [0.1, 0.15) is 18.4 Å². The Hall–Kier alpha value is -0.900. The van der Waals surface area contributed by atoms with E-state index in [4.69, 9.17) is 11.6 Å². The fraction of sp³-hybridized carbons (Fsp3) is 0.500. The van der Waals surface area contributed by atoms with Gasteiger partial charge in [-0.25, -0.2) is 0 Å². The van der Waals surface area contributed by atoms with Gasteiger partial charge in [0.05, 0.1) is 5.56 Å². The Bertz CT molecular complexity index is 366. The van der Waals surface area contributed by atoms with Gasteiger partial charge in [-0.15, -0.1) is 11.6 Å². The summed E-state index contributed by atoms with van der Waals surface area (Å²) in [5, 5.41) is 0.195. The van der Waals surface area contributed by atoms with Gasteiger partial charge in [0.1, 0.15) is 0 Å². The molecule has 2 rings (SSSR count). The maximum atomic E-state index is 12.4. The Balaban J connectivity index is 2.08. The van der Waals surface area contributed by atoms with Crippen LogP contribution in [-0.2, 0) is 6.18 Å². The Kier molecular flexibility index (Phi) is 3.52. The van der Waals surface area contributed by atoms with Gasteiger partial charge in [0, 0.05) is 24.2 Å². The van der Waals surface area contributed by atoms with E-state index in [1.165, 1.54) is 12.1 Å². The zero-order valence-electron chi connectivity index (χ0n) is 9.17. The monoisotopic (exact) mass is 263 g/mol. The molecular formula is C12H13ClF3N. The lowest BCUT2D eigenvalue weighted by atomic mass is 10.1. The van der Waals surface area contributed by atoms with Crippen LogP contribution in [-0.4, -0.2) is 18.5 Å². The first kappa shape index (κ1) is 12.6. The molecule has 0 saturated carbocycles. The van der Waals surface area contributed by atoms with Crippen LogP contribution in [0.4, 0.5) is 18.9 Å². The number of benzene rings is 1. The maximum Gasteiger partial charge on any atom is 0.416 e. The summed E-state index contributed by atoms with van der Waals surface area (Å²) >= 11 is 5.98. The molecule has 1 aliphatic heterocycles. The van der Waals surface area contributed by atoms with Crippen LogP contribution in [0.15, 0.2) is 24.3 Å². The third-order valence-electron chi connectivity index (χ3n) is 2.98. The predicted molar refractivity (Wildman–Crippen MR) is 62.5 cm³/mol. The minimum absolute atomic E-state index is 0.195. The average molecular weight is 264 g/mol. The first-order chi connectivity index (χ1) is 7.97. The van der Waals surface area contributed by atoms with Crippen molar-refractivity contribution in [1.29, 1.82) is 0 Å². The van der Waals surface area contributed by atoms with E-state index in [1.807, 2.05) is 0 Å². The van der Waals surface area contributed by atoms with Crippen LogP contribution in [0.2, 0.25) is 0 Å². The maximum absolute atomic E-state index is 12.4. The summed E-state index contributed by atoms with van der Waals surface area (Å²) in [5.41, 5.74) is 0.232. The first-order valence-corrected chi connectivity index (χ1v) is 5.97.